The smallest absolute Gasteiger partial charge is 0.427 e. The number of ether oxygens (including phenoxy) is 2. The van der Waals surface area contributed by atoms with Gasteiger partial charge in [0, 0.05) is 0 Å². The summed E-state index contributed by atoms with van der Waals surface area (Å²) in [7, 11) is 0. The first kappa shape index (κ1) is 18.6. The molecule has 0 rings (SSSR count). The van der Waals surface area contributed by atoms with Gasteiger partial charge in [-0.1, -0.05) is 0 Å². The van der Waals surface area contributed by atoms with Crippen molar-refractivity contribution >= 4 is 6.16 Å². The third-order valence-corrected chi connectivity index (χ3v) is 1.57. The Morgan fingerprint density at radius 2 is 0.900 bits per heavy atom. The molecular weight excluding hydrogens is 322 g/mol. The number of hydrogen-bond acceptors (Lipinski definition) is 3. The molecule has 0 aliphatic rings. The molecule has 0 heterocycles. The molecule has 0 saturated heterocycles. The topological polar surface area (TPSA) is 35.5 Å². The molecule has 0 fully saturated rings. The molecule has 0 aromatic heterocycles. The van der Waals surface area contributed by atoms with Crippen LogP contribution in [0.3, 0.4) is 0 Å². The third kappa shape index (κ3) is 4.92. The average molecular weight is 326 g/mol. The second-order valence-electron chi connectivity index (χ2n) is 3.23. The van der Waals surface area contributed by atoms with Gasteiger partial charge in [-0.15, -0.1) is 0 Å². The second-order valence-corrected chi connectivity index (χ2v) is 3.23. The third-order valence-electron chi connectivity index (χ3n) is 1.57. The van der Waals surface area contributed by atoms with E-state index in [0.717, 1.165) is 0 Å². The van der Waals surface area contributed by atoms with E-state index in [1.165, 1.54) is 0 Å². The van der Waals surface area contributed by atoms with Crippen LogP contribution in [0.15, 0.2) is 0 Å². The van der Waals surface area contributed by atoms with Crippen LogP contribution in [0.1, 0.15) is 0 Å². The van der Waals surface area contributed by atoms with Crippen LogP contribution in [0, 0.1) is 0 Å². The van der Waals surface area contributed by atoms with Gasteiger partial charge >= 0.3 is 30.4 Å². The van der Waals surface area contributed by atoms with Gasteiger partial charge in [0.05, 0.1) is 0 Å². The predicted molar refractivity (Wildman–Crippen MR) is 39.3 cm³/mol. The molecule has 0 spiro atoms. The van der Waals surface area contributed by atoms with Crippen LogP contribution in [-0.4, -0.2) is 43.6 Å². The summed E-state index contributed by atoms with van der Waals surface area (Å²) in [5.41, 5.74) is 0. The molecule has 13 heteroatoms. The molecule has 20 heavy (non-hydrogen) atoms. The van der Waals surface area contributed by atoms with E-state index < -0.39 is 43.6 Å². The Morgan fingerprint density at radius 1 is 0.650 bits per heavy atom. The first-order valence-corrected chi connectivity index (χ1v) is 4.29. The van der Waals surface area contributed by atoms with Crippen LogP contribution in [0.2, 0.25) is 0 Å². The predicted octanol–water partition coefficient (Wildman–Crippen LogP) is 3.53. The lowest BCUT2D eigenvalue weighted by Crippen LogP contribution is -2.43. The van der Waals surface area contributed by atoms with Gasteiger partial charge in [0.2, 0.25) is 0 Å². The van der Waals surface area contributed by atoms with Crippen molar-refractivity contribution in [2.45, 2.75) is 24.2 Å². The maximum absolute atomic E-state index is 12.2. The highest BCUT2D eigenvalue weighted by atomic mass is 19.4. The standard InChI is InChI=1S/C7H4F10O3/c8-4(9,6(12,13)14)1-19-3(18)20-2-5(10,11)7(15,16)17/h1-2H2. The molecule has 0 saturated carbocycles. The number of alkyl halides is 10. The average Bonchev–Trinajstić information content (AvgIpc) is 2.20. The fourth-order valence-corrected chi connectivity index (χ4v) is 0.504. The SMILES string of the molecule is O=C(OCC(F)(F)C(F)(F)F)OCC(F)(F)C(F)(F)F. The van der Waals surface area contributed by atoms with Crippen molar-refractivity contribution < 1.29 is 58.2 Å². The van der Waals surface area contributed by atoms with Crippen LogP contribution < -0.4 is 0 Å². The number of hydrogen-bond donors (Lipinski definition) is 0. The summed E-state index contributed by atoms with van der Waals surface area (Å²) in [6, 6.07) is 0. The lowest BCUT2D eigenvalue weighted by atomic mass is 10.3. The Balaban J connectivity index is 4.35. The van der Waals surface area contributed by atoms with Gasteiger partial charge in [-0.3, -0.25) is 0 Å². The van der Waals surface area contributed by atoms with Crippen molar-refractivity contribution in [1.29, 1.82) is 0 Å². The normalized spacial score (nSPS) is 14.1. The molecule has 0 aromatic carbocycles. The molecule has 0 unspecified atom stereocenters. The van der Waals surface area contributed by atoms with Gasteiger partial charge in [-0.25, -0.2) is 4.79 Å². The van der Waals surface area contributed by atoms with Crippen molar-refractivity contribution in [1.82, 2.24) is 0 Å². The highest BCUT2D eigenvalue weighted by molar-refractivity contribution is 5.59. The van der Waals surface area contributed by atoms with Crippen molar-refractivity contribution in [3.8, 4) is 0 Å². The highest BCUT2D eigenvalue weighted by Crippen LogP contribution is 2.36. The second kappa shape index (κ2) is 5.52. The van der Waals surface area contributed by atoms with E-state index in [4.69, 9.17) is 0 Å². The minimum atomic E-state index is -6.09. The molecule has 0 aliphatic carbocycles. The van der Waals surface area contributed by atoms with Gasteiger partial charge < -0.3 is 9.47 Å². The molecular formula is C7H4F10O3. The van der Waals surface area contributed by atoms with Gasteiger partial charge in [0.15, 0.2) is 13.2 Å². The van der Waals surface area contributed by atoms with Crippen molar-refractivity contribution in [3.05, 3.63) is 0 Å². The Morgan fingerprint density at radius 3 is 1.10 bits per heavy atom. The largest absolute Gasteiger partial charge is 0.508 e. The van der Waals surface area contributed by atoms with Gasteiger partial charge in [-0.05, 0) is 0 Å². The zero-order chi connectivity index (χ0) is 16.4. The molecule has 120 valence electrons. The minimum absolute atomic E-state index is 2.53. The highest BCUT2D eigenvalue weighted by Gasteiger charge is 2.60. The van der Waals surface area contributed by atoms with Crippen LogP contribution in [0.25, 0.3) is 0 Å². The first-order chi connectivity index (χ1) is 8.60. The summed E-state index contributed by atoms with van der Waals surface area (Å²) >= 11 is 0. The Kier molecular flexibility index (Phi) is 5.12. The van der Waals surface area contributed by atoms with Crippen LogP contribution in [0.4, 0.5) is 48.7 Å². The van der Waals surface area contributed by atoms with E-state index in [0.29, 0.717) is 0 Å². The molecule has 0 amide bonds. The lowest BCUT2D eigenvalue weighted by molar-refractivity contribution is -0.299. The Labute approximate surface area is 103 Å². The first-order valence-electron chi connectivity index (χ1n) is 4.29. The summed E-state index contributed by atoms with van der Waals surface area (Å²) in [6.45, 7) is -5.24. The van der Waals surface area contributed by atoms with Crippen LogP contribution >= 0.6 is 0 Å². The fraction of sp³-hybridized carbons (Fsp3) is 0.857. The quantitative estimate of drug-likeness (QED) is 0.586. The van der Waals surface area contributed by atoms with Crippen molar-refractivity contribution in [3.63, 3.8) is 0 Å². The van der Waals surface area contributed by atoms with E-state index in [1.54, 1.807) is 0 Å². The summed E-state index contributed by atoms with van der Waals surface area (Å²) in [5, 5.41) is 0. The van der Waals surface area contributed by atoms with Crippen molar-refractivity contribution in [2.24, 2.45) is 0 Å². The zero-order valence-electron chi connectivity index (χ0n) is 8.92. The van der Waals surface area contributed by atoms with Crippen LogP contribution in [0.5, 0.6) is 0 Å². The van der Waals surface area contributed by atoms with E-state index in [9.17, 15) is 48.7 Å². The van der Waals surface area contributed by atoms with Gasteiger partial charge in [0.25, 0.3) is 0 Å². The Hall–Kier alpha value is -1.43. The molecule has 0 atom stereocenters. The van der Waals surface area contributed by atoms with E-state index in [1.807, 2.05) is 0 Å². The molecule has 0 N–H and O–H groups in total. The number of rotatable bonds is 4. The molecule has 0 aromatic rings. The van der Waals surface area contributed by atoms with E-state index in [-0.39, 0.29) is 0 Å². The zero-order valence-corrected chi connectivity index (χ0v) is 8.92. The lowest BCUT2D eigenvalue weighted by Gasteiger charge is -2.20. The summed E-state index contributed by atoms with van der Waals surface area (Å²) < 4.78 is 124. The van der Waals surface area contributed by atoms with E-state index >= 15 is 0 Å². The van der Waals surface area contributed by atoms with Crippen LogP contribution in [-0.2, 0) is 9.47 Å². The maximum atomic E-state index is 12.2. The Bertz CT molecular complexity index is 312. The molecule has 3 nitrogen and oxygen atoms in total. The van der Waals surface area contributed by atoms with Gasteiger partial charge in [-0.2, -0.15) is 43.9 Å². The summed E-state index contributed by atoms with van der Waals surface area (Å²) in [4.78, 5) is 10.3. The minimum Gasteiger partial charge on any atom is -0.427 e. The summed E-state index contributed by atoms with van der Waals surface area (Å²) in [6.07, 6.45) is -14.7. The summed E-state index contributed by atoms with van der Waals surface area (Å²) in [5.74, 6) is -11.0. The maximum Gasteiger partial charge on any atom is 0.508 e. The fourth-order valence-electron chi connectivity index (χ4n) is 0.504. The number of halogens is 10. The van der Waals surface area contributed by atoms with Crippen molar-refractivity contribution in [2.75, 3.05) is 13.2 Å². The van der Waals surface area contributed by atoms with E-state index in [2.05, 4.69) is 9.47 Å². The molecule has 0 aliphatic heterocycles. The number of carbonyl (C=O) groups is 1. The molecule has 0 radical (unpaired) electrons. The number of carbonyl (C=O) groups excluding carboxylic acids is 1. The molecule has 0 bridgehead atoms. The van der Waals surface area contributed by atoms with Gasteiger partial charge in [0.1, 0.15) is 0 Å². The monoisotopic (exact) mass is 326 g/mol.